The van der Waals surface area contributed by atoms with Gasteiger partial charge in [-0.2, -0.15) is 0 Å². The minimum absolute atomic E-state index is 0. The quantitative estimate of drug-likeness (QED) is 0.682. The minimum Gasteiger partial charge on any atom is -0.449 e. The predicted molar refractivity (Wildman–Crippen MR) is 45.2 cm³/mol. The molecule has 0 fully saturated rings. The maximum absolute atomic E-state index is 10.1. The zero-order chi connectivity index (χ0) is 10.6. The number of carboxylic acid groups (broad SMARTS) is 2. The molecule has 0 unspecified atom stereocenters. The van der Waals surface area contributed by atoms with E-state index in [9.17, 15) is 9.59 Å². The standard InChI is InChI=1S/C7H5NO6.H2O/c9-6(10)13-4-1-2-8-5(3-4)14-7(11)12;/h1-3H,(H,9,10)(H,11,12);1H2. The normalized spacial score (nSPS) is 8.53. The summed E-state index contributed by atoms with van der Waals surface area (Å²) in [6.45, 7) is 0. The van der Waals surface area contributed by atoms with Crippen molar-refractivity contribution in [1.82, 2.24) is 4.98 Å². The average Bonchev–Trinajstić information content (AvgIpc) is 2.01. The van der Waals surface area contributed by atoms with Gasteiger partial charge in [-0.05, 0) is 6.07 Å². The maximum Gasteiger partial charge on any atom is 0.512 e. The molecule has 8 nitrogen and oxygen atoms in total. The van der Waals surface area contributed by atoms with E-state index in [1.165, 1.54) is 6.07 Å². The molecule has 0 aliphatic heterocycles. The molecule has 0 saturated heterocycles. The molecular formula is C7H7NO7. The predicted octanol–water partition coefficient (Wildman–Crippen LogP) is 0.370. The minimum atomic E-state index is -1.54. The monoisotopic (exact) mass is 217 g/mol. The molecule has 1 rings (SSSR count). The van der Waals surface area contributed by atoms with Gasteiger partial charge in [-0.3, -0.25) is 0 Å². The van der Waals surface area contributed by atoms with E-state index in [2.05, 4.69) is 14.5 Å². The molecule has 0 radical (unpaired) electrons. The molecule has 0 spiro atoms. The third-order valence-electron chi connectivity index (χ3n) is 1.10. The molecule has 0 aliphatic carbocycles. The van der Waals surface area contributed by atoms with Crippen LogP contribution >= 0.6 is 0 Å². The van der Waals surface area contributed by atoms with E-state index in [1.807, 2.05) is 0 Å². The topological polar surface area (TPSA) is 137 Å². The Bertz CT molecular complexity index is 333. The lowest BCUT2D eigenvalue weighted by molar-refractivity contribution is 0.141. The Labute approximate surface area is 83.0 Å². The van der Waals surface area contributed by atoms with E-state index in [0.29, 0.717) is 0 Å². The van der Waals surface area contributed by atoms with Gasteiger partial charge < -0.3 is 25.2 Å². The van der Waals surface area contributed by atoms with Crippen molar-refractivity contribution in [3.05, 3.63) is 18.3 Å². The largest absolute Gasteiger partial charge is 0.512 e. The van der Waals surface area contributed by atoms with E-state index < -0.39 is 12.3 Å². The van der Waals surface area contributed by atoms with Crippen LogP contribution in [0.2, 0.25) is 0 Å². The SMILES string of the molecule is O.O=C(O)Oc1ccnc(OC(=O)O)c1. The number of aromatic nitrogens is 1. The zero-order valence-corrected chi connectivity index (χ0v) is 7.21. The highest BCUT2D eigenvalue weighted by molar-refractivity contribution is 5.62. The summed E-state index contributed by atoms with van der Waals surface area (Å²) in [7, 11) is 0. The first-order valence-electron chi connectivity index (χ1n) is 3.35. The Kier molecular flexibility index (Phi) is 4.55. The first kappa shape index (κ1) is 12.7. The van der Waals surface area contributed by atoms with Gasteiger partial charge in [0.25, 0.3) is 0 Å². The second kappa shape index (κ2) is 5.40. The summed E-state index contributed by atoms with van der Waals surface area (Å²) in [5.41, 5.74) is 0. The van der Waals surface area contributed by atoms with Crippen LogP contribution < -0.4 is 9.47 Å². The zero-order valence-electron chi connectivity index (χ0n) is 7.21. The average molecular weight is 217 g/mol. The van der Waals surface area contributed by atoms with Gasteiger partial charge in [-0.1, -0.05) is 0 Å². The van der Waals surface area contributed by atoms with Gasteiger partial charge in [0, 0.05) is 12.3 Å². The molecule has 15 heavy (non-hydrogen) atoms. The second-order valence-electron chi connectivity index (χ2n) is 2.07. The van der Waals surface area contributed by atoms with Gasteiger partial charge in [0.05, 0.1) is 0 Å². The van der Waals surface area contributed by atoms with Crippen LogP contribution in [0.3, 0.4) is 0 Å². The molecule has 82 valence electrons. The highest BCUT2D eigenvalue weighted by Gasteiger charge is 2.06. The van der Waals surface area contributed by atoms with E-state index >= 15 is 0 Å². The number of nitrogens with zero attached hydrogens (tertiary/aromatic N) is 1. The fourth-order valence-corrected chi connectivity index (χ4v) is 0.701. The smallest absolute Gasteiger partial charge is 0.449 e. The van der Waals surface area contributed by atoms with Crippen molar-refractivity contribution >= 4 is 12.3 Å². The maximum atomic E-state index is 10.1. The molecule has 0 saturated carbocycles. The Morgan fingerprint density at radius 2 is 1.80 bits per heavy atom. The van der Waals surface area contributed by atoms with Crippen LogP contribution in [0.4, 0.5) is 9.59 Å². The van der Waals surface area contributed by atoms with Crippen molar-refractivity contribution in [1.29, 1.82) is 0 Å². The molecule has 0 aliphatic rings. The lowest BCUT2D eigenvalue weighted by Crippen LogP contribution is -2.06. The summed E-state index contributed by atoms with van der Waals surface area (Å²) in [4.78, 5) is 23.7. The van der Waals surface area contributed by atoms with E-state index in [4.69, 9.17) is 10.2 Å². The molecule has 0 bridgehead atoms. The van der Waals surface area contributed by atoms with Crippen molar-refractivity contribution < 1.29 is 34.8 Å². The van der Waals surface area contributed by atoms with Crippen LogP contribution in [-0.4, -0.2) is 33.0 Å². The van der Waals surface area contributed by atoms with Crippen LogP contribution in [0.15, 0.2) is 18.3 Å². The van der Waals surface area contributed by atoms with Crippen molar-refractivity contribution in [2.45, 2.75) is 0 Å². The molecule has 0 atom stereocenters. The second-order valence-corrected chi connectivity index (χ2v) is 2.07. The molecule has 1 aromatic heterocycles. The summed E-state index contributed by atoms with van der Waals surface area (Å²) >= 11 is 0. The summed E-state index contributed by atoms with van der Waals surface area (Å²) in [5.74, 6) is -0.319. The van der Waals surface area contributed by atoms with Crippen molar-refractivity contribution in [2.75, 3.05) is 0 Å². The highest BCUT2D eigenvalue weighted by Crippen LogP contribution is 2.16. The molecule has 0 aromatic carbocycles. The van der Waals surface area contributed by atoms with Gasteiger partial charge in [0.15, 0.2) is 0 Å². The molecule has 0 amide bonds. The van der Waals surface area contributed by atoms with Crippen molar-refractivity contribution in [3.8, 4) is 11.6 Å². The molecular weight excluding hydrogens is 210 g/mol. The number of ether oxygens (including phenoxy) is 2. The van der Waals surface area contributed by atoms with E-state index in [-0.39, 0.29) is 17.1 Å². The van der Waals surface area contributed by atoms with Gasteiger partial charge in [-0.25, -0.2) is 14.6 Å². The lowest BCUT2D eigenvalue weighted by Gasteiger charge is -2.01. The third-order valence-corrected chi connectivity index (χ3v) is 1.10. The lowest BCUT2D eigenvalue weighted by atomic mass is 10.4. The molecule has 1 heterocycles. The van der Waals surface area contributed by atoms with E-state index in [0.717, 1.165) is 12.3 Å². The summed E-state index contributed by atoms with van der Waals surface area (Å²) < 4.78 is 8.41. The van der Waals surface area contributed by atoms with Crippen LogP contribution in [0.1, 0.15) is 0 Å². The van der Waals surface area contributed by atoms with Crippen molar-refractivity contribution in [2.24, 2.45) is 0 Å². The van der Waals surface area contributed by atoms with Crippen molar-refractivity contribution in [3.63, 3.8) is 0 Å². The van der Waals surface area contributed by atoms with Gasteiger partial charge in [0.2, 0.25) is 5.88 Å². The Morgan fingerprint density at radius 3 is 2.33 bits per heavy atom. The summed E-state index contributed by atoms with van der Waals surface area (Å²) in [6, 6.07) is 2.30. The fraction of sp³-hybridized carbons (Fsp3) is 0. The number of hydrogen-bond donors (Lipinski definition) is 2. The van der Waals surface area contributed by atoms with Gasteiger partial charge in [-0.15, -0.1) is 0 Å². The van der Waals surface area contributed by atoms with Gasteiger partial charge in [0.1, 0.15) is 5.75 Å². The van der Waals surface area contributed by atoms with Crippen LogP contribution in [0, 0.1) is 0 Å². The molecule has 8 heteroatoms. The first-order chi connectivity index (χ1) is 6.58. The van der Waals surface area contributed by atoms with Crippen LogP contribution in [-0.2, 0) is 0 Å². The Hall–Kier alpha value is -2.35. The Balaban J connectivity index is 0.00000196. The third kappa shape index (κ3) is 4.43. The molecule has 1 aromatic rings. The number of hydrogen-bond acceptors (Lipinski definition) is 5. The fourth-order valence-electron chi connectivity index (χ4n) is 0.701. The van der Waals surface area contributed by atoms with Gasteiger partial charge >= 0.3 is 12.3 Å². The number of pyridine rings is 1. The highest BCUT2D eigenvalue weighted by atomic mass is 16.7. The molecule has 4 N–H and O–H groups in total. The number of carbonyl (C=O) groups is 2. The Morgan fingerprint density at radius 1 is 1.20 bits per heavy atom. The summed E-state index contributed by atoms with van der Waals surface area (Å²) in [5, 5.41) is 16.5. The van der Waals surface area contributed by atoms with Crippen LogP contribution in [0.5, 0.6) is 11.6 Å². The summed E-state index contributed by atoms with van der Waals surface area (Å²) in [6.07, 6.45) is -1.88. The van der Waals surface area contributed by atoms with Crippen LogP contribution in [0.25, 0.3) is 0 Å². The number of rotatable bonds is 2. The van der Waals surface area contributed by atoms with E-state index in [1.54, 1.807) is 0 Å². The first-order valence-corrected chi connectivity index (χ1v) is 3.35.